The lowest BCUT2D eigenvalue weighted by Gasteiger charge is -2.05. The fourth-order valence-corrected chi connectivity index (χ4v) is 1.56. The van der Waals surface area contributed by atoms with Gasteiger partial charge >= 0.3 is 0 Å². The molecule has 0 saturated carbocycles. The maximum absolute atomic E-state index is 5.48. The minimum absolute atomic E-state index is 0.630. The van der Waals surface area contributed by atoms with Crippen LogP contribution in [0.4, 0.5) is 0 Å². The van der Waals surface area contributed by atoms with E-state index in [4.69, 9.17) is 10.5 Å². The number of aryl methyl sites for hydroxylation is 1. The van der Waals surface area contributed by atoms with Crippen LogP contribution in [0.25, 0.3) is 5.69 Å². The number of ether oxygens (including phenoxy) is 1. The van der Waals surface area contributed by atoms with Crippen molar-refractivity contribution in [2.45, 2.75) is 12.8 Å². The molecule has 0 atom stereocenters. The first-order valence-electron chi connectivity index (χ1n) is 5.47. The third-order valence-electron chi connectivity index (χ3n) is 2.44. The van der Waals surface area contributed by atoms with Crippen molar-refractivity contribution in [1.82, 2.24) is 20.2 Å². The summed E-state index contributed by atoms with van der Waals surface area (Å²) < 4.78 is 6.88. The normalized spacial score (nSPS) is 10.5. The molecule has 1 aromatic carbocycles. The van der Waals surface area contributed by atoms with E-state index >= 15 is 0 Å². The third kappa shape index (κ3) is 2.59. The molecular weight excluding hydrogens is 218 g/mol. The molecule has 1 aromatic heterocycles. The number of nitrogens with two attached hydrogens (primary N) is 1. The van der Waals surface area contributed by atoms with E-state index in [1.807, 2.05) is 24.3 Å². The lowest BCUT2D eigenvalue weighted by Crippen LogP contribution is -2.07. The van der Waals surface area contributed by atoms with Crippen molar-refractivity contribution in [2.24, 2.45) is 5.73 Å². The molecule has 0 aliphatic heterocycles. The second-order valence-electron chi connectivity index (χ2n) is 3.60. The van der Waals surface area contributed by atoms with Crippen LogP contribution in [0, 0.1) is 0 Å². The number of nitrogens with zero attached hydrogens (tertiary/aromatic N) is 4. The summed E-state index contributed by atoms with van der Waals surface area (Å²) in [6.07, 6.45) is 1.63. The van der Waals surface area contributed by atoms with Gasteiger partial charge in [0.2, 0.25) is 0 Å². The van der Waals surface area contributed by atoms with Crippen molar-refractivity contribution >= 4 is 0 Å². The van der Waals surface area contributed by atoms with Crippen molar-refractivity contribution in [3.8, 4) is 11.4 Å². The summed E-state index contributed by atoms with van der Waals surface area (Å²) in [5.41, 5.74) is 6.37. The van der Waals surface area contributed by atoms with Crippen LogP contribution >= 0.6 is 0 Å². The Kier molecular flexibility index (Phi) is 3.66. The quantitative estimate of drug-likeness (QED) is 0.816. The topological polar surface area (TPSA) is 78.8 Å². The van der Waals surface area contributed by atoms with Gasteiger partial charge in [0.05, 0.1) is 12.8 Å². The van der Waals surface area contributed by atoms with E-state index < -0.39 is 0 Å². The SMILES string of the molecule is COc1cccc(-n2nnnc2CCCN)c1. The molecule has 17 heavy (non-hydrogen) atoms. The fourth-order valence-electron chi connectivity index (χ4n) is 1.56. The molecule has 6 nitrogen and oxygen atoms in total. The van der Waals surface area contributed by atoms with E-state index in [2.05, 4.69) is 15.5 Å². The third-order valence-corrected chi connectivity index (χ3v) is 2.44. The van der Waals surface area contributed by atoms with Gasteiger partial charge < -0.3 is 10.5 Å². The number of tetrazole rings is 1. The van der Waals surface area contributed by atoms with E-state index in [1.165, 1.54) is 0 Å². The number of methoxy groups -OCH3 is 1. The Hall–Kier alpha value is -1.95. The second-order valence-corrected chi connectivity index (χ2v) is 3.60. The van der Waals surface area contributed by atoms with Crippen molar-refractivity contribution in [3.05, 3.63) is 30.1 Å². The summed E-state index contributed by atoms with van der Waals surface area (Å²) >= 11 is 0. The Balaban J connectivity index is 2.28. The molecule has 0 saturated heterocycles. The van der Waals surface area contributed by atoms with Crippen LogP contribution in [0.5, 0.6) is 5.75 Å². The van der Waals surface area contributed by atoms with Gasteiger partial charge in [-0.25, -0.2) is 0 Å². The lowest BCUT2D eigenvalue weighted by molar-refractivity contribution is 0.414. The molecule has 1 heterocycles. The summed E-state index contributed by atoms with van der Waals surface area (Å²) in [6.45, 7) is 0.630. The predicted molar refractivity (Wildman–Crippen MR) is 63.1 cm³/mol. The van der Waals surface area contributed by atoms with Crippen molar-refractivity contribution < 1.29 is 4.74 Å². The van der Waals surface area contributed by atoms with Crippen LogP contribution in [0.3, 0.4) is 0 Å². The Morgan fingerprint density at radius 2 is 2.29 bits per heavy atom. The number of hydrogen-bond acceptors (Lipinski definition) is 5. The highest BCUT2D eigenvalue weighted by atomic mass is 16.5. The molecule has 0 aliphatic carbocycles. The van der Waals surface area contributed by atoms with Crippen LogP contribution in [-0.4, -0.2) is 33.9 Å². The Labute approximate surface area is 99.4 Å². The molecule has 0 unspecified atom stereocenters. The van der Waals surface area contributed by atoms with Gasteiger partial charge in [0.1, 0.15) is 5.75 Å². The summed E-state index contributed by atoms with van der Waals surface area (Å²) in [7, 11) is 1.63. The van der Waals surface area contributed by atoms with Gasteiger partial charge in [-0.05, 0) is 35.5 Å². The maximum Gasteiger partial charge on any atom is 0.156 e. The predicted octanol–water partition coefficient (Wildman–Crippen LogP) is 0.562. The average molecular weight is 233 g/mol. The van der Waals surface area contributed by atoms with E-state index in [0.717, 1.165) is 30.1 Å². The molecule has 2 N–H and O–H groups in total. The molecule has 0 aliphatic rings. The van der Waals surface area contributed by atoms with Crippen LogP contribution < -0.4 is 10.5 Å². The summed E-state index contributed by atoms with van der Waals surface area (Å²) in [5.74, 6) is 1.59. The van der Waals surface area contributed by atoms with E-state index in [9.17, 15) is 0 Å². The highest BCUT2D eigenvalue weighted by molar-refractivity contribution is 5.38. The van der Waals surface area contributed by atoms with Gasteiger partial charge in [0.15, 0.2) is 5.82 Å². The van der Waals surface area contributed by atoms with Gasteiger partial charge in [0.25, 0.3) is 0 Å². The van der Waals surface area contributed by atoms with Gasteiger partial charge in [-0.2, -0.15) is 4.68 Å². The summed E-state index contributed by atoms with van der Waals surface area (Å²) in [6, 6.07) is 7.61. The molecule has 6 heteroatoms. The zero-order valence-corrected chi connectivity index (χ0v) is 9.71. The zero-order valence-electron chi connectivity index (χ0n) is 9.71. The molecule has 2 rings (SSSR count). The van der Waals surface area contributed by atoms with E-state index in [-0.39, 0.29) is 0 Å². The highest BCUT2D eigenvalue weighted by Gasteiger charge is 2.08. The van der Waals surface area contributed by atoms with Crippen LogP contribution in [0.1, 0.15) is 12.2 Å². The molecule has 0 bridgehead atoms. The smallest absolute Gasteiger partial charge is 0.156 e. The first kappa shape index (κ1) is 11.5. The monoisotopic (exact) mass is 233 g/mol. The van der Waals surface area contributed by atoms with Crippen molar-refractivity contribution in [2.75, 3.05) is 13.7 Å². The molecular formula is C11H15N5O. The highest BCUT2D eigenvalue weighted by Crippen LogP contribution is 2.16. The van der Waals surface area contributed by atoms with Gasteiger partial charge in [-0.15, -0.1) is 5.10 Å². The molecule has 90 valence electrons. The van der Waals surface area contributed by atoms with Gasteiger partial charge in [-0.3, -0.25) is 0 Å². The number of rotatable bonds is 5. The number of hydrogen-bond donors (Lipinski definition) is 1. The minimum atomic E-state index is 0.630. The van der Waals surface area contributed by atoms with Crippen molar-refractivity contribution in [1.29, 1.82) is 0 Å². The Morgan fingerprint density at radius 1 is 1.41 bits per heavy atom. The Bertz CT molecular complexity index is 482. The van der Waals surface area contributed by atoms with Crippen LogP contribution in [0.2, 0.25) is 0 Å². The first-order valence-corrected chi connectivity index (χ1v) is 5.47. The van der Waals surface area contributed by atoms with E-state index in [1.54, 1.807) is 11.8 Å². The van der Waals surface area contributed by atoms with Crippen LogP contribution in [-0.2, 0) is 6.42 Å². The lowest BCUT2D eigenvalue weighted by atomic mass is 10.2. The summed E-state index contributed by atoms with van der Waals surface area (Å²) in [4.78, 5) is 0. The van der Waals surface area contributed by atoms with Gasteiger partial charge in [0, 0.05) is 12.5 Å². The summed E-state index contributed by atoms with van der Waals surface area (Å²) in [5, 5.41) is 11.7. The molecule has 0 spiro atoms. The Morgan fingerprint density at radius 3 is 3.06 bits per heavy atom. The number of aromatic nitrogens is 4. The zero-order chi connectivity index (χ0) is 12.1. The largest absolute Gasteiger partial charge is 0.497 e. The fraction of sp³-hybridized carbons (Fsp3) is 0.364. The van der Waals surface area contributed by atoms with Crippen LogP contribution in [0.15, 0.2) is 24.3 Å². The van der Waals surface area contributed by atoms with Crippen molar-refractivity contribution in [3.63, 3.8) is 0 Å². The number of benzene rings is 1. The van der Waals surface area contributed by atoms with Gasteiger partial charge in [-0.1, -0.05) is 6.07 Å². The molecule has 0 amide bonds. The second kappa shape index (κ2) is 5.40. The molecule has 0 fully saturated rings. The first-order chi connectivity index (χ1) is 8.35. The minimum Gasteiger partial charge on any atom is -0.497 e. The van der Waals surface area contributed by atoms with E-state index in [0.29, 0.717) is 6.54 Å². The standard InChI is InChI=1S/C11H15N5O/c1-17-10-5-2-4-9(8-10)16-11(6-3-7-12)13-14-15-16/h2,4-5,8H,3,6-7,12H2,1H3. The average Bonchev–Trinajstić information content (AvgIpc) is 2.84. The maximum atomic E-state index is 5.48. The molecule has 0 radical (unpaired) electrons. The molecule has 2 aromatic rings.